The van der Waals surface area contributed by atoms with Crippen LogP contribution in [0.2, 0.25) is 0 Å². The van der Waals surface area contributed by atoms with Crippen LogP contribution in [0.5, 0.6) is 0 Å². The lowest BCUT2D eigenvalue weighted by molar-refractivity contribution is 1.09. The van der Waals surface area contributed by atoms with Crippen molar-refractivity contribution in [1.82, 2.24) is 20.2 Å². The van der Waals surface area contributed by atoms with Crippen molar-refractivity contribution in [2.75, 3.05) is 5.73 Å². The van der Waals surface area contributed by atoms with Crippen molar-refractivity contribution in [3.05, 3.63) is 21.9 Å². The molecule has 3 N–H and O–H groups in total. The first-order valence-corrected chi connectivity index (χ1v) is 4.63. The van der Waals surface area contributed by atoms with E-state index in [0.717, 1.165) is 9.26 Å². The van der Waals surface area contributed by atoms with Crippen LogP contribution in [0, 0.1) is 3.57 Å². The van der Waals surface area contributed by atoms with Gasteiger partial charge in [-0.15, -0.1) is 5.10 Å². The summed E-state index contributed by atoms with van der Waals surface area (Å²) in [6.45, 7) is 0. The van der Waals surface area contributed by atoms with Gasteiger partial charge in [0.2, 0.25) is 5.95 Å². The van der Waals surface area contributed by atoms with E-state index in [2.05, 4.69) is 42.8 Å². The molecule has 0 aliphatic heterocycles. The summed E-state index contributed by atoms with van der Waals surface area (Å²) < 4.78 is 1.08. The number of halogens is 1. The number of anilines is 1. The Kier molecular flexibility index (Phi) is 2.13. The molecule has 0 aliphatic rings. The monoisotopic (exact) mass is 287 g/mol. The molecule has 0 saturated carbocycles. The van der Waals surface area contributed by atoms with E-state index in [4.69, 9.17) is 5.73 Å². The Morgan fingerprint density at radius 2 is 2.23 bits per heavy atom. The Balaban J connectivity index is 2.41. The molecule has 66 valence electrons. The molecule has 0 spiro atoms. The number of nitrogens with one attached hydrogen (secondary N) is 1. The smallest absolute Gasteiger partial charge is 0.239 e. The number of H-pyrrole nitrogens is 1. The summed E-state index contributed by atoms with van der Waals surface area (Å²) in [5.74, 6) is 0.823. The van der Waals surface area contributed by atoms with Crippen LogP contribution < -0.4 is 5.73 Å². The molecule has 0 bridgehead atoms. The molecule has 0 unspecified atom stereocenters. The van der Waals surface area contributed by atoms with Gasteiger partial charge in [0.25, 0.3) is 0 Å². The summed E-state index contributed by atoms with van der Waals surface area (Å²) >= 11 is 2.19. The second kappa shape index (κ2) is 3.29. The van der Waals surface area contributed by atoms with Crippen molar-refractivity contribution in [3.8, 4) is 11.5 Å². The van der Waals surface area contributed by atoms with Crippen LogP contribution >= 0.6 is 22.6 Å². The lowest BCUT2D eigenvalue weighted by Gasteiger charge is -1.93. The number of aromatic nitrogens is 4. The van der Waals surface area contributed by atoms with E-state index in [1.165, 1.54) is 0 Å². The van der Waals surface area contributed by atoms with Gasteiger partial charge in [0, 0.05) is 9.77 Å². The van der Waals surface area contributed by atoms with Gasteiger partial charge >= 0.3 is 0 Å². The Morgan fingerprint density at radius 3 is 2.77 bits per heavy atom. The number of pyridine rings is 1. The molecule has 5 nitrogen and oxygen atoms in total. The van der Waals surface area contributed by atoms with E-state index in [1.807, 2.05) is 12.1 Å². The normalized spacial score (nSPS) is 10.2. The largest absolute Gasteiger partial charge is 0.366 e. The standard InChI is InChI=1S/C7H6IN5/c8-4-1-2-5(10-3-4)6-11-7(9)13-12-6/h1-3H,(H3,9,11,12,13). The zero-order valence-corrected chi connectivity index (χ0v) is 8.69. The van der Waals surface area contributed by atoms with E-state index in [-0.39, 0.29) is 5.95 Å². The molecule has 2 aromatic heterocycles. The van der Waals surface area contributed by atoms with Gasteiger partial charge in [-0.3, -0.25) is 10.1 Å². The maximum atomic E-state index is 5.36. The lowest BCUT2D eigenvalue weighted by Crippen LogP contribution is -1.87. The first-order chi connectivity index (χ1) is 6.25. The molecule has 2 aromatic rings. The van der Waals surface area contributed by atoms with Crippen molar-refractivity contribution in [3.63, 3.8) is 0 Å². The Morgan fingerprint density at radius 1 is 1.38 bits per heavy atom. The zero-order chi connectivity index (χ0) is 9.26. The first kappa shape index (κ1) is 8.42. The summed E-state index contributed by atoms with van der Waals surface area (Å²) in [6.07, 6.45) is 1.76. The van der Waals surface area contributed by atoms with Crippen molar-refractivity contribution in [2.45, 2.75) is 0 Å². The van der Waals surface area contributed by atoms with Gasteiger partial charge in [-0.05, 0) is 34.7 Å². The molecule has 13 heavy (non-hydrogen) atoms. The summed E-state index contributed by atoms with van der Waals surface area (Å²) in [6, 6.07) is 3.81. The minimum atomic E-state index is 0.232. The van der Waals surface area contributed by atoms with Gasteiger partial charge in [0.15, 0.2) is 5.82 Å². The van der Waals surface area contributed by atoms with Crippen molar-refractivity contribution in [2.24, 2.45) is 0 Å². The quantitative estimate of drug-likeness (QED) is 0.768. The summed E-state index contributed by atoms with van der Waals surface area (Å²) in [7, 11) is 0. The predicted octanol–water partition coefficient (Wildman–Crippen LogP) is 1.05. The van der Waals surface area contributed by atoms with Crippen molar-refractivity contribution < 1.29 is 0 Å². The van der Waals surface area contributed by atoms with E-state index >= 15 is 0 Å². The van der Waals surface area contributed by atoms with Crippen LogP contribution in [-0.4, -0.2) is 20.2 Å². The molecule has 2 rings (SSSR count). The van der Waals surface area contributed by atoms with Crippen LogP contribution in [0.1, 0.15) is 0 Å². The maximum absolute atomic E-state index is 5.36. The fraction of sp³-hybridized carbons (Fsp3) is 0. The molecule has 2 heterocycles. The first-order valence-electron chi connectivity index (χ1n) is 3.55. The number of nitrogens with zero attached hydrogens (tertiary/aromatic N) is 3. The number of nitrogens with two attached hydrogens (primary N) is 1. The molecule has 0 amide bonds. The van der Waals surface area contributed by atoms with E-state index in [9.17, 15) is 0 Å². The number of hydrogen-bond acceptors (Lipinski definition) is 4. The van der Waals surface area contributed by atoms with Crippen LogP contribution in [0.4, 0.5) is 5.95 Å². The second-order valence-corrected chi connectivity index (χ2v) is 3.65. The van der Waals surface area contributed by atoms with Gasteiger partial charge in [-0.1, -0.05) is 0 Å². The minimum absolute atomic E-state index is 0.232. The topological polar surface area (TPSA) is 80.5 Å². The highest BCUT2D eigenvalue weighted by Gasteiger charge is 2.03. The predicted molar refractivity (Wildman–Crippen MR) is 56.7 cm³/mol. The van der Waals surface area contributed by atoms with Crippen molar-refractivity contribution in [1.29, 1.82) is 0 Å². The molecular formula is C7H6IN5. The number of hydrogen-bond donors (Lipinski definition) is 2. The average Bonchev–Trinajstić information content (AvgIpc) is 2.53. The Hall–Kier alpha value is -1.18. The highest BCUT2D eigenvalue weighted by atomic mass is 127. The highest BCUT2D eigenvalue weighted by Crippen LogP contribution is 2.12. The molecule has 6 heteroatoms. The third kappa shape index (κ3) is 1.77. The zero-order valence-electron chi connectivity index (χ0n) is 6.53. The molecule has 0 atom stereocenters. The van der Waals surface area contributed by atoms with Crippen LogP contribution in [0.25, 0.3) is 11.5 Å². The summed E-state index contributed by atoms with van der Waals surface area (Å²) in [4.78, 5) is 8.12. The highest BCUT2D eigenvalue weighted by molar-refractivity contribution is 14.1. The average molecular weight is 287 g/mol. The summed E-state index contributed by atoms with van der Waals surface area (Å²) in [5.41, 5.74) is 6.10. The minimum Gasteiger partial charge on any atom is -0.366 e. The van der Waals surface area contributed by atoms with Crippen LogP contribution in [0.3, 0.4) is 0 Å². The lowest BCUT2D eigenvalue weighted by atomic mass is 10.3. The molecular weight excluding hydrogens is 281 g/mol. The second-order valence-electron chi connectivity index (χ2n) is 2.40. The van der Waals surface area contributed by atoms with Crippen molar-refractivity contribution >= 4 is 28.5 Å². The fourth-order valence-corrected chi connectivity index (χ4v) is 1.22. The SMILES string of the molecule is Nc1n[nH]c(-c2ccc(I)cn2)n1. The van der Waals surface area contributed by atoms with Crippen LogP contribution in [0.15, 0.2) is 18.3 Å². The number of rotatable bonds is 1. The molecule has 0 saturated heterocycles. The fourth-order valence-electron chi connectivity index (χ4n) is 0.905. The summed E-state index contributed by atoms with van der Waals surface area (Å²) in [5, 5.41) is 6.41. The Bertz CT molecular complexity index is 407. The molecule has 0 aromatic carbocycles. The van der Waals surface area contributed by atoms with Gasteiger partial charge in [-0.25, -0.2) is 0 Å². The van der Waals surface area contributed by atoms with Gasteiger partial charge in [0.1, 0.15) is 5.69 Å². The maximum Gasteiger partial charge on any atom is 0.239 e. The molecule has 0 radical (unpaired) electrons. The van der Waals surface area contributed by atoms with E-state index < -0.39 is 0 Å². The van der Waals surface area contributed by atoms with Gasteiger partial charge < -0.3 is 5.73 Å². The van der Waals surface area contributed by atoms with E-state index in [1.54, 1.807) is 6.20 Å². The molecule has 0 aliphatic carbocycles. The number of aromatic amines is 1. The number of nitrogen functional groups attached to an aromatic ring is 1. The third-order valence-corrected chi connectivity index (χ3v) is 2.11. The third-order valence-electron chi connectivity index (χ3n) is 1.47. The van der Waals surface area contributed by atoms with Crippen LogP contribution in [-0.2, 0) is 0 Å². The van der Waals surface area contributed by atoms with Gasteiger partial charge in [-0.2, -0.15) is 4.98 Å². The van der Waals surface area contributed by atoms with E-state index in [0.29, 0.717) is 5.82 Å². The van der Waals surface area contributed by atoms with Gasteiger partial charge in [0.05, 0.1) is 0 Å². The molecule has 0 fully saturated rings. The Labute approximate surface area is 87.9 Å².